The molecule has 0 saturated carbocycles. The summed E-state index contributed by atoms with van der Waals surface area (Å²) in [7, 11) is 2.06. The molecule has 0 radical (unpaired) electrons. The van der Waals surface area contributed by atoms with Crippen LogP contribution >= 0.6 is 0 Å². The van der Waals surface area contributed by atoms with E-state index in [0.29, 0.717) is 12.0 Å². The predicted octanol–water partition coefficient (Wildman–Crippen LogP) is 3.62. The average molecular weight is 285 g/mol. The van der Waals surface area contributed by atoms with E-state index in [9.17, 15) is 0 Å². The number of likely N-dealkylation sites (N-methyl/N-ethyl adjacent to an activating group) is 1. The first kappa shape index (κ1) is 15.8. The van der Waals surface area contributed by atoms with E-state index in [-0.39, 0.29) is 0 Å². The molecular formula is C18H27N3. The van der Waals surface area contributed by atoms with Crippen LogP contribution in [0.4, 0.5) is 0 Å². The third-order valence-electron chi connectivity index (χ3n) is 4.19. The van der Waals surface area contributed by atoms with Gasteiger partial charge in [-0.2, -0.15) is 0 Å². The van der Waals surface area contributed by atoms with Gasteiger partial charge >= 0.3 is 0 Å². The van der Waals surface area contributed by atoms with Crippen LogP contribution in [0.3, 0.4) is 0 Å². The van der Waals surface area contributed by atoms with Gasteiger partial charge in [0, 0.05) is 31.4 Å². The molecule has 0 fully saturated rings. The number of rotatable bonds is 8. The summed E-state index contributed by atoms with van der Waals surface area (Å²) in [6.07, 6.45) is 7.25. The van der Waals surface area contributed by atoms with Crippen molar-refractivity contribution in [2.75, 3.05) is 7.05 Å². The van der Waals surface area contributed by atoms with E-state index in [2.05, 4.69) is 72.3 Å². The second kappa shape index (κ2) is 7.99. The highest BCUT2D eigenvalue weighted by atomic mass is 15.1. The standard InChI is InChI=1S/C18H27N3/c1-4-12-21-13-11-20-18(21)14-17(19-3)16(5-2)15-9-7-6-8-10-15/h6-11,13,16-17,19H,4-5,12,14H2,1-3H3. The molecule has 1 aromatic heterocycles. The van der Waals surface area contributed by atoms with E-state index < -0.39 is 0 Å². The van der Waals surface area contributed by atoms with Crippen molar-refractivity contribution in [1.82, 2.24) is 14.9 Å². The molecule has 2 atom stereocenters. The molecule has 2 aromatic rings. The third kappa shape index (κ3) is 3.94. The summed E-state index contributed by atoms with van der Waals surface area (Å²) >= 11 is 0. The summed E-state index contributed by atoms with van der Waals surface area (Å²) in [5, 5.41) is 3.51. The van der Waals surface area contributed by atoms with E-state index >= 15 is 0 Å². The molecule has 2 rings (SSSR count). The fraction of sp³-hybridized carbons (Fsp3) is 0.500. The minimum Gasteiger partial charge on any atom is -0.335 e. The average Bonchev–Trinajstić information content (AvgIpc) is 2.95. The van der Waals surface area contributed by atoms with Crippen molar-refractivity contribution in [2.45, 2.75) is 51.6 Å². The fourth-order valence-corrected chi connectivity index (χ4v) is 3.07. The maximum Gasteiger partial charge on any atom is 0.110 e. The first-order valence-electron chi connectivity index (χ1n) is 8.02. The Bertz CT molecular complexity index is 518. The van der Waals surface area contributed by atoms with Crippen molar-refractivity contribution >= 4 is 0 Å². The molecule has 2 unspecified atom stereocenters. The van der Waals surface area contributed by atoms with Gasteiger partial charge in [-0.1, -0.05) is 44.2 Å². The molecule has 0 bridgehead atoms. The zero-order valence-electron chi connectivity index (χ0n) is 13.4. The van der Waals surface area contributed by atoms with Gasteiger partial charge in [0.05, 0.1) is 0 Å². The number of nitrogens with zero attached hydrogens (tertiary/aromatic N) is 2. The minimum absolute atomic E-state index is 0.412. The summed E-state index contributed by atoms with van der Waals surface area (Å²) in [6.45, 7) is 5.52. The molecule has 0 aliphatic rings. The smallest absolute Gasteiger partial charge is 0.110 e. The number of hydrogen-bond donors (Lipinski definition) is 1. The van der Waals surface area contributed by atoms with Gasteiger partial charge in [-0.15, -0.1) is 0 Å². The molecule has 21 heavy (non-hydrogen) atoms. The molecule has 114 valence electrons. The van der Waals surface area contributed by atoms with E-state index in [1.54, 1.807) is 0 Å². The summed E-state index contributed by atoms with van der Waals surface area (Å²) in [5.41, 5.74) is 1.41. The van der Waals surface area contributed by atoms with Gasteiger partial charge in [-0.05, 0) is 31.4 Å². The lowest BCUT2D eigenvalue weighted by molar-refractivity contribution is 0.433. The maximum absolute atomic E-state index is 4.56. The molecule has 0 saturated heterocycles. The SMILES string of the molecule is CCCn1ccnc1CC(NC)C(CC)c1ccccc1. The third-order valence-corrected chi connectivity index (χ3v) is 4.19. The number of hydrogen-bond acceptors (Lipinski definition) is 2. The highest BCUT2D eigenvalue weighted by Gasteiger charge is 2.22. The van der Waals surface area contributed by atoms with E-state index in [1.165, 1.54) is 11.4 Å². The highest BCUT2D eigenvalue weighted by molar-refractivity contribution is 5.21. The molecule has 0 aliphatic heterocycles. The van der Waals surface area contributed by atoms with Crippen LogP contribution < -0.4 is 5.32 Å². The van der Waals surface area contributed by atoms with Crippen LogP contribution in [0.25, 0.3) is 0 Å². The quantitative estimate of drug-likeness (QED) is 0.803. The Morgan fingerprint density at radius 1 is 1.19 bits per heavy atom. The number of benzene rings is 1. The Kier molecular flexibility index (Phi) is 6.00. The Morgan fingerprint density at radius 2 is 1.95 bits per heavy atom. The topological polar surface area (TPSA) is 29.9 Å². The Hall–Kier alpha value is -1.61. The molecule has 1 N–H and O–H groups in total. The van der Waals surface area contributed by atoms with Crippen LogP contribution in [-0.2, 0) is 13.0 Å². The molecule has 3 nitrogen and oxygen atoms in total. The number of nitrogens with one attached hydrogen (secondary N) is 1. The van der Waals surface area contributed by atoms with Gasteiger partial charge in [0.15, 0.2) is 0 Å². The maximum atomic E-state index is 4.56. The van der Waals surface area contributed by atoms with Crippen molar-refractivity contribution in [1.29, 1.82) is 0 Å². The summed E-state index contributed by atoms with van der Waals surface area (Å²) < 4.78 is 2.28. The normalized spacial score (nSPS) is 14.0. The van der Waals surface area contributed by atoms with Gasteiger partial charge in [0.1, 0.15) is 5.82 Å². The van der Waals surface area contributed by atoms with Crippen LogP contribution in [0.1, 0.15) is 44.0 Å². The van der Waals surface area contributed by atoms with Crippen LogP contribution in [0.5, 0.6) is 0 Å². The van der Waals surface area contributed by atoms with Crippen molar-refractivity contribution < 1.29 is 0 Å². The Morgan fingerprint density at radius 3 is 2.57 bits per heavy atom. The number of aryl methyl sites for hydroxylation is 1. The molecular weight excluding hydrogens is 258 g/mol. The van der Waals surface area contributed by atoms with Gasteiger partial charge < -0.3 is 9.88 Å². The van der Waals surface area contributed by atoms with E-state index in [1.807, 2.05) is 6.20 Å². The summed E-state index contributed by atoms with van der Waals surface area (Å²) in [4.78, 5) is 4.56. The lowest BCUT2D eigenvalue weighted by Gasteiger charge is -2.26. The number of aromatic nitrogens is 2. The van der Waals surface area contributed by atoms with Crippen LogP contribution in [-0.4, -0.2) is 22.6 Å². The van der Waals surface area contributed by atoms with Crippen molar-refractivity contribution in [3.05, 3.63) is 54.1 Å². The zero-order valence-corrected chi connectivity index (χ0v) is 13.4. The van der Waals surface area contributed by atoms with Crippen molar-refractivity contribution in [2.24, 2.45) is 0 Å². The molecule has 0 aliphatic carbocycles. The van der Waals surface area contributed by atoms with Crippen LogP contribution in [0.2, 0.25) is 0 Å². The van der Waals surface area contributed by atoms with Crippen molar-refractivity contribution in [3.63, 3.8) is 0 Å². The predicted molar refractivity (Wildman–Crippen MR) is 88.5 cm³/mol. The van der Waals surface area contributed by atoms with Crippen LogP contribution in [0.15, 0.2) is 42.7 Å². The summed E-state index contributed by atoms with van der Waals surface area (Å²) in [6, 6.07) is 11.2. The van der Waals surface area contributed by atoms with Crippen molar-refractivity contribution in [3.8, 4) is 0 Å². The minimum atomic E-state index is 0.412. The lowest BCUT2D eigenvalue weighted by atomic mass is 9.87. The van der Waals surface area contributed by atoms with Gasteiger partial charge in [0.2, 0.25) is 0 Å². The lowest BCUT2D eigenvalue weighted by Crippen LogP contribution is -2.35. The molecule has 0 spiro atoms. The van der Waals surface area contributed by atoms with E-state index in [0.717, 1.165) is 25.8 Å². The first-order chi connectivity index (χ1) is 10.3. The first-order valence-corrected chi connectivity index (χ1v) is 8.02. The molecule has 1 heterocycles. The zero-order chi connectivity index (χ0) is 15.1. The fourth-order valence-electron chi connectivity index (χ4n) is 3.07. The highest BCUT2D eigenvalue weighted by Crippen LogP contribution is 2.25. The molecule has 1 aromatic carbocycles. The molecule has 3 heteroatoms. The Balaban J connectivity index is 2.16. The molecule has 0 amide bonds. The van der Waals surface area contributed by atoms with Gasteiger partial charge in [-0.3, -0.25) is 0 Å². The monoisotopic (exact) mass is 285 g/mol. The Labute approximate surface area is 128 Å². The second-order valence-corrected chi connectivity index (χ2v) is 5.56. The van der Waals surface area contributed by atoms with E-state index in [4.69, 9.17) is 0 Å². The van der Waals surface area contributed by atoms with Gasteiger partial charge in [0.25, 0.3) is 0 Å². The summed E-state index contributed by atoms with van der Waals surface area (Å²) in [5.74, 6) is 1.70. The largest absolute Gasteiger partial charge is 0.335 e. The number of imidazole rings is 1. The second-order valence-electron chi connectivity index (χ2n) is 5.56. The van der Waals surface area contributed by atoms with Gasteiger partial charge in [-0.25, -0.2) is 4.98 Å². The van der Waals surface area contributed by atoms with Crippen LogP contribution in [0, 0.1) is 0 Å².